The Hall–Kier alpha value is -1.36. The Balaban J connectivity index is 1.57. The predicted octanol–water partition coefficient (Wildman–Crippen LogP) is 1.19. The minimum absolute atomic E-state index is 0.144. The number of rotatable bonds is 3. The van der Waals surface area contributed by atoms with E-state index in [1.54, 1.807) is 6.20 Å². The van der Waals surface area contributed by atoms with E-state index >= 15 is 0 Å². The lowest BCUT2D eigenvalue weighted by atomic mass is 9.65. The molecule has 2 unspecified atom stereocenters. The highest BCUT2D eigenvalue weighted by Crippen LogP contribution is 2.41. The van der Waals surface area contributed by atoms with Gasteiger partial charge in [0.1, 0.15) is 5.82 Å². The van der Waals surface area contributed by atoms with Crippen LogP contribution in [0.5, 0.6) is 0 Å². The number of nitrogens with zero attached hydrogens (tertiary/aromatic N) is 2. The van der Waals surface area contributed by atoms with Gasteiger partial charge in [-0.25, -0.2) is 4.98 Å². The van der Waals surface area contributed by atoms with Crippen LogP contribution in [0.1, 0.15) is 37.9 Å². The first-order chi connectivity index (χ1) is 9.65. The number of carbonyl (C=O) groups is 1. The van der Waals surface area contributed by atoms with E-state index in [2.05, 4.69) is 10.3 Å². The van der Waals surface area contributed by atoms with Crippen LogP contribution in [-0.2, 0) is 18.4 Å². The van der Waals surface area contributed by atoms with Crippen molar-refractivity contribution in [1.82, 2.24) is 14.9 Å². The Morgan fingerprint density at radius 1 is 1.45 bits per heavy atom. The molecule has 2 saturated carbocycles. The zero-order valence-electron chi connectivity index (χ0n) is 12.1. The Labute approximate surface area is 119 Å². The standard InChI is InChI=1S/C15H24N4O/c1-19-6-5-17-13(19)9-18-15(20)12-7-10-3-2-4-11(8-12)14(10)16/h5-6,10-12,14H,2-4,7-9,16H2,1H3,(H,18,20). The third kappa shape index (κ3) is 2.59. The summed E-state index contributed by atoms with van der Waals surface area (Å²) in [4.78, 5) is 16.6. The van der Waals surface area contributed by atoms with Gasteiger partial charge in [-0.3, -0.25) is 4.79 Å². The molecule has 0 saturated heterocycles. The maximum Gasteiger partial charge on any atom is 0.223 e. The van der Waals surface area contributed by atoms with Crippen molar-refractivity contribution < 1.29 is 4.79 Å². The summed E-state index contributed by atoms with van der Waals surface area (Å²) in [5.74, 6) is 2.31. The summed E-state index contributed by atoms with van der Waals surface area (Å²) in [5, 5.41) is 3.04. The first-order valence-electron chi connectivity index (χ1n) is 7.64. The molecule has 0 radical (unpaired) electrons. The highest BCUT2D eigenvalue weighted by molar-refractivity contribution is 5.78. The molecule has 1 heterocycles. The van der Waals surface area contributed by atoms with Crippen molar-refractivity contribution in [2.24, 2.45) is 30.5 Å². The Morgan fingerprint density at radius 3 is 2.75 bits per heavy atom. The molecule has 1 aromatic rings. The summed E-state index contributed by atoms with van der Waals surface area (Å²) in [6.07, 6.45) is 9.25. The fraction of sp³-hybridized carbons (Fsp3) is 0.733. The molecule has 2 aliphatic rings. The van der Waals surface area contributed by atoms with Crippen LogP contribution in [0.4, 0.5) is 0 Å². The third-order valence-corrected chi connectivity index (χ3v) is 5.13. The van der Waals surface area contributed by atoms with E-state index in [0.29, 0.717) is 24.4 Å². The van der Waals surface area contributed by atoms with Crippen LogP contribution in [0.2, 0.25) is 0 Å². The summed E-state index contributed by atoms with van der Waals surface area (Å²) < 4.78 is 1.94. The van der Waals surface area contributed by atoms with Crippen LogP contribution >= 0.6 is 0 Å². The summed E-state index contributed by atoms with van der Waals surface area (Å²) in [6.45, 7) is 0.514. The molecule has 110 valence electrons. The molecule has 2 aliphatic carbocycles. The van der Waals surface area contributed by atoms with Gasteiger partial charge in [0.25, 0.3) is 0 Å². The number of imidazole rings is 1. The molecular weight excluding hydrogens is 252 g/mol. The van der Waals surface area contributed by atoms with Crippen molar-refractivity contribution in [1.29, 1.82) is 0 Å². The van der Waals surface area contributed by atoms with Gasteiger partial charge in [-0.2, -0.15) is 0 Å². The van der Waals surface area contributed by atoms with E-state index in [4.69, 9.17) is 5.73 Å². The van der Waals surface area contributed by atoms with E-state index < -0.39 is 0 Å². The van der Waals surface area contributed by atoms with Crippen LogP contribution in [0, 0.1) is 17.8 Å². The molecule has 3 N–H and O–H groups in total. The Bertz CT molecular complexity index is 470. The van der Waals surface area contributed by atoms with Crippen molar-refractivity contribution in [3.63, 3.8) is 0 Å². The summed E-state index contributed by atoms with van der Waals surface area (Å²) in [5.41, 5.74) is 6.27. The minimum Gasteiger partial charge on any atom is -0.349 e. The van der Waals surface area contributed by atoms with Crippen molar-refractivity contribution in [3.8, 4) is 0 Å². The van der Waals surface area contributed by atoms with Crippen molar-refractivity contribution in [2.75, 3.05) is 0 Å². The number of hydrogen-bond acceptors (Lipinski definition) is 3. The van der Waals surface area contributed by atoms with Gasteiger partial charge in [0.2, 0.25) is 5.91 Å². The molecule has 1 aromatic heterocycles. The van der Waals surface area contributed by atoms with Crippen LogP contribution in [0.25, 0.3) is 0 Å². The first-order valence-corrected chi connectivity index (χ1v) is 7.64. The highest BCUT2D eigenvalue weighted by Gasteiger charge is 2.40. The average molecular weight is 276 g/mol. The quantitative estimate of drug-likeness (QED) is 0.871. The molecule has 2 atom stereocenters. The van der Waals surface area contributed by atoms with E-state index in [-0.39, 0.29) is 11.8 Å². The summed E-state index contributed by atoms with van der Waals surface area (Å²) in [6, 6.07) is 0.322. The van der Waals surface area contributed by atoms with Crippen molar-refractivity contribution >= 4 is 5.91 Å². The number of aryl methyl sites for hydroxylation is 1. The van der Waals surface area contributed by atoms with Gasteiger partial charge in [0.05, 0.1) is 6.54 Å². The fourth-order valence-electron chi connectivity index (χ4n) is 3.88. The van der Waals surface area contributed by atoms with Gasteiger partial charge < -0.3 is 15.6 Å². The number of nitrogens with two attached hydrogens (primary N) is 1. The first kappa shape index (κ1) is 13.6. The predicted molar refractivity (Wildman–Crippen MR) is 76.6 cm³/mol. The maximum atomic E-state index is 12.4. The number of aromatic nitrogens is 2. The van der Waals surface area contributed by atoms with Gasteiger partial charge in [-0.15, -0.1) is 0 Å². The second kappa shape index (κ2) is 5.56. The van der Waals surface area contributed by atoms with E-state index in [9.17, 15) is 4.79 Å². The lowest BCUT2D eigenvalue weighted by Crippen LogP contribution is -2.49. The Morgan fingerprint density at radius 2 is 2.15 bits per heavy atom. The highest BCUT2D eigenvalue weighted by atomic mass is 16.1. The lowest BCUT2D eigenvalue weighted by Gasteiger charge is -2.43. The van der Waals surface area contributed by atoms with Crippen molar-refractivity contribution in [3.05, 3.63) is 18.2 Å². The van der Waals surface area contributed by atoms with Gasteiger partial charge in [-0.05, 0) is 37.5 Å². The molecule has 0 spiro atoms. The summed E-state index contributed by atoms with van der Waals surface area (Å²) >= 11 is 0. The number of carbonyl (C=O) groups excluding carboxylic acids is 1. The average Bonchev–Trinajstić information content (AvgIpc) is 2.81. The molecule has 2 fully saturated rings. The molecule has 0 aromatic carbocycles. The topological polar surface area (TPSA) is 72.9 Å². The van der Waals surface area contributed by atoms with Gasteiger partial charge in [-0.1, -0.05) is 6.42 Å². The largest absolute Gasteiger partial charge is 0.349 e. The SMILES string of the molecule is Cn1ccnc1CNC(=O)C1CC2CCCC(C1)C2N. The Kier molecular flexibility index (Phi) is 3.78. The van der Waals surface area contributed by atoms with Crippen LogP contribution in [-0.4, -0.2) is 21.5 Å². The van der Waals surface area contributed by atoms with Crippen LogP contribution in [0.15, 0.2) is 12.4 Å². The van der Waals surface area contributed by atoms with Crippen LogP contribution < -0.4 is 11.1 Å². The normalized spacial score (nSPS) is 32.9. The molecule has 0 aliphatic heterocycles. The molecule has 5 nitrogen and oxygen atoms in total. The van der Waals surface area contributed by atoms with Gasteiger partial charge in [0.15, 0.2) is 0 Å². The molecule has 20 heavy (non-hydrogen) atoms. The lowest BCUT2D eigenvalue weighted by molar-refractivity contribution is -0.128. The van der Waals surface area contributed by atoms with E-state index in [1.165, 1.54) is 19.3 Å². The van der Waals surface area contributed by atoms with Crippen LogP contribution in [0.3, 0.4) is 0 Å². The second-order valence-corrected chi connectivity index (χ2v) is 6.37. The molecule has 2 bridgehead atoms. The number of hydrogen-bond donors (Lipinski definition) is 2. The molecule has 1 amide bonds. The molecular formula is C15H24N4O. The second-order valence-electron chi connectivity index (χ2n) is 6.37. The van der Waals surface area contributed by atoms with E-state index in [1.807, 2.05) is 17.8 Å². The molecule has 5 heteroatoms. The third-order valence-electron chi connectivity index (χ3n) is 5.13. The zero-order valence-corrected chi connectivity index (χ0v) is 12.1. The van der Waals surface area contributed by atoms with E-state index in [0.717, 1.165) is 18.7 Å². The number of nitrogens with one attached hydrogen (secondary N) is 1. The fourth-order valence-corrected chi connectivity index (χ4v) is 3.88. The maximum absolute atomic E-state index is 12.4. The minimum atomic E-state index is 0.144. The molecule has 3 rings (SSSR count). The van der Waals surface area contributed by atoms with Gasteiger partial charge >= 0.3 is 0 Å². The zero-order chi connectivity index (χ0) is 14.1. The summed E-state index contributed by atoms with van der Waals surface area (Å²) in [7, 11) is 1.94. The van der Waals surface area contributed by atoms with Crippen molar-refractivity contribution in [2.45, 2.75) is 44.7 Å². The smallest absolute Gasteiger partial charge is 0.223 e. The number of amides is 1. The number of fused-ring (bicyclic) bond motifs is 2. The van der Waals surface area contributed by atoms with Gasteiger partial charge in [0, 0.05) is 31.4 Å². The monoisotopic (exact) mass is 276 g/mol.